The molecule has 0 spiro atoms. The predicted octanol–water partition coefficient (Wildman–Crippen LogP) is 1.19. The van der Waals surface area contributed by atoms with Gasteiger partial charge >= 0.3 is 0 Å². The van der Waals surface area contributed by atoms with Crippen LogP contribution in [0.3, 0.4) is 0 Å². The molecule has 1 atom stereocenters. The van der Waals surface area contributed by atoms with Gasteiger partial charge in [0.15, 0.2) is 5.96 Å². The number of guanidine groups is 1. The highest BCUT2D eigenvalue weighted by Crippen LogP contribution is 2.21. The molecule has 1 unspecified atom stereocenters. The van der Waals surface area contributed by atoms with Crippen LogP contribution in [0.4, 0.5) is 0 Å². The van der Waals surface area contributed by atoms with Gasteiger partial charge in [0.2, 0.25) is 0 Å². The van der Waals surface area contributed by atoms with Crippen molar-refractivity contribution in [1.29, 1.82) is 0 Å². The lowest BCUT2D eigenvalue weighted by atomic mass is 10.0. The van der Waals surface area contributed by atoms with Crippen LogP contribution >= 0.6 is 0 Å². The smallest absolute Gasteiger partial charge is 0.191 e. The van der Waals surface area contributed by atoms with E-state index in [2.05, 4.69) is 20.5 Å². The van der Waals surface area contributed by atoms with Crippen LogP contribution in [-0.4, -0.2) is 68.4 Å². The van der Waals surface area contributed by atoms with Gasteiger partial charge in [0.1, 0.15) is 17.1 Å². The van der Waals surface area contributed by atoms with Crippen LogP contribution in [0.15, 0.2) is 50.6 Å². The van der Waals surface area contributed by atoms with Crippen LogP contribution in [0.5, 0.6) is 0 Å². The highest BCUT2D eigenvalue weighted by atomic mass is 16.5. The molecule has 8 heteroatoms. The van der Waals surface area contributed by atoms with Gasteiger partial charge in [0.25, 0.3) is 0 Å². The number of morpholine rings is 1. The van der Waals surface area contributed by atoms with Crippen LogP contribution in [0, 0.1) is 0 Å². The molecular weight excluding hydrogens is 360 g/mol. The van der Waals surface area contributed by atoms with E-state index in [9.17, 15) is 5.11 Å². The summed E-state index contributed by atoms with van der Waals surface area (Å²) in [7, 11) is 0. The molecule has 28 heavy (non-hydrogen) atoms. The second-order valence-corrected chi connectivity index (χ2v) is 7.05. The molecule has 3 N–H and O–H groups in total. The Balaban J connectivity index is 1.52. The van der Waals surface area contributed by atoms with Gasteiger partial charge in [-0.15, -0.1) is 0 Å². The molecule has 1 saturated heterocycles. The first-order valence-corrected chi connectivity index (χ1v) is 9.74. The van der Waals surface area contributed by atoms with Crippen molar-refractivity contribution in [3.63, 3.8) is 0 Å². The molecule has 1 fully saturated rings. The van der Waals surface area contributed by atoms with Crippen molar-refractivity contribution in [2.75, 3.05) is 52.5 Å². The molecule has 154 valence electrons. The first kappa shape index (κ1) is 20.4. The highest BCUT2D eigenvalue weighted by molar-refractivity contribution is 5.79. The van der Waals surface area contributed by atoms with Crippen LogP contribution in [0.2, 0.25) is 0 Å². The Morgan fingerprint density at radius 1 is 1.14 bits per heavy atom. The molecule has 0 radical (unpaired) electrons. The Bertz CT molecular complexity index is 692. The quantitative estimate of drug-likeness (QED) is 0.437. The number of aliphatic imine (C=N–C) groups is 1. The maximum atomic E-state index is 10.6. The number of nitrogens with zero attached hydrogens (tertiary/aromatic N) is 2. The van der Waals surface area contributed by atoms with Gasteiger partial charge in [-0.3, -0.25) is 4.90 Å². The van der Waals surface area contributed by atoms with Crippen molar-refractivity contribution in [1.82, 2.24) is 15.5 Å². The van der Waals surface area contributed by atoms with E-state index in [1.807, 2.05) is 12.1 Å². The fraction of sp³-hybridized carbons (Fsp3) is 0.550. The third kappa shape index (κ3) is 6.40. The minimum Gasteiger partial charge on any atom is -0.469 e. The lowest BCUT2D eigenvalue weighted by Crippen LogP contribution is -2.45. The number of rotatable bonds is 9. The van der Waals surface area contributed by atoms with Gasteiger partial charge in [0.05, 0.1) is 32.3 Å². The molecule has 0 bridgehead atoms. The largest absolute Gasteiger partial charge is 0.469 e. The van der Waals surface area contributed by atoms with Crippen molar-refractivity contribution < 1.29 is 18.7 Å². The first-order chi connectivity index (χ1) is 13.6. The summed E-state index contributed by atoms with van der Waals surface area (Å²) in [5, 5.41) is 17.3. The van der Waals surface area contributed by atoms with E-state index in [0.717, 1.165) is 51.6 Å². The molecule has 0 saturated carbocycles. The Morgan fingerprint density at radius 3 is 2.61 bits per heavy atom. The summed E-state index contributed by atoms with van der Waals surface area (Å²) < 4.78 is 16.1. The van der Waals surface area contributed by atoms with E-state index in [0.29, 0.717) is 18.3 Å². The fourth-order valence-electron chi connectivity index (χ4n) is 2.99. The number of ether oxygens (including phenoxy) is 1. The topological polar surface area (TPSA) is 95.4 Å². The van der Waals surface area contributed by atoms with E-state index < -0.39 is 5.60 Å². The van der Waals surface area contributed by atoms with Crippen LogP contribution in [0.25, 0.3) is 0 Å². The van der Waals surface area contributed by atoms with Crippen LogP contribution < -0.4 is 10.6 Å². The van der Waals surface area contributed by atoms with Crippen molar-refractivity contribution in [3.05, 3.63) is 48.3 Å². The number of hydrogen-bond donors (Lipinski definition) is 3. The van der Waals surface area contributed by atoms with E-state index in [1.54, 1.807) is 31.6 Å². The van der Waals surface area contributed by atoms with Gasteiger partial charge in [-0.25, -0.2) is 4.99 Å². The van der Waals surface area contributed by atoms with Gasteiger partial charge < -0.3 is 29.3 Å². The standard InChI is InChI=1S/C20H30N4O4/c1-20(25,18-5-3-13-28-18)16-23-19(21-7-6-17-4-2-12-27-17)22-8-9-24-10-14-26-15-11-24/h2-5,12-13,25H,6-11,14-16H2,1H3,(H2,21,22,23). The summed E-state index contributed by atoms with van der Waals surface area (Å²) in [4.78, 5) is 6.92. The zero-order valence-corrected chi connectivity index (χ0v) is 16.4. The van der Waals surface area contributed by atoms with Gasteiger partial charge in [-0.2, -0.15) is 0 Å². The third-order valence-electron chi connectivity index (χ3n) is 4.67. The molecule has 1 aliphatic rings. The second-order valence-electron chi connectivity index (χ2n) is 7.05. The maximum Gasteiger partial charge on any atom is 0.191 e. The molecule has 2 aromatic rings. The average Bonchev–Trinajstić information content (AvgIpc) is 3.41. The lowest BCUT2D eigenvalue weighted by Gasteiger charge is -2.27. The number of hydrogen-bond acceptors (Lipinski definition) is 6. The minimum atomic E-state index is -1.16. The van der Waals surface area contributed by atoms with E-state index in [1.165, 1.54) is 0 Å². The highest BCUT2D eigenvalue weighted by Gasteiger charge is 2.26. The van der Waals surface area contributed by atoms with Crippen LogP contribution in [0.1, 0.15) is 18.4 Å². The summed E-state index contributed by atoms with van der Waals surface area (Å²) in [6, 6.07) is 7.35. The molecule has 3 rings (SSSR count). The van der Waals surface area contributed by atoms with Crippen molar-refractivity contribution >= 4 is 5.96 Å². The summed E-state index contributed by atoms with van der Waals surface area (Å²) in [6.07, 6.45) is 3.98. The molecule has 0 amide bonds. The molecule has 0 aliphatic carbocycles. The maximum absolute atomic E-state index is 10.6. The Hall–Kier alpha value is -2.29. The van der Waals surface area contributed by atoms with Crippen LogP contribution in [-0.2, 0) is 16.8 Å². The van der Waals surface area contributed by atoms with Crippen molar-refractivity contribution in [2.45, 2.75) is 18.9 Å². The number of aliphatic hydroxyl groups is 1. The molecule has 1 aliphatic heterocycles. The van der Waals surface area contributed by atoms with Crippen molar-refractivity contribution in [2.24, 2.45) is 4.99 Å². The average molecular weight is 390 g/mol. The predicted molar refractivity (Wildman–Crippen MR) is 106 cm³/mol. The Kier molecular flexibility index (Phi) is 7.53. The SMILES string of the molecule is CC(O)(CN=C(NCCc1ccco1)NCCN1CCOCC1)c1ccco1. The zero-order chi connectivity index (χ0) is 19.7. The third-order valence-corrected chi connectivity index (χ3v) is 4.67. The molecule has 0 aromatic carbocycles. The summed E-state index contributed by atoms with van der Waals surface area (Å²) in [6.45, 7) is 7.72. The van der Waals surface area contributed by atoms with Gasteiger partial charge in [-0.05, 0) is 31.2 Å². The van der Waals surface area contributed by atoms with Crippen molar-refractivity contribution in [3.8, 4) is 0 Å². The van der Waals surface area contributed by atoms with Gasteiger partial charge in [-0.1, -0.05) is 0 Å². The Morgan fingerprint density at radius 2 is 1.89 bits per heavy atom. The first-order valence-electron chi connectivity index (χ1n) is 9.74. The second kappa shape index (κ2) is 10.3. The molecule has 2 aromatic heterocycles. The van der Waals surface area contributed by atoms with Gasteiger partial charge in [0, 0.05) is 39.1 Å². The zero-order valence-electron chi connectivity index (χ0n) is 16.4. The molecular formula is C20H30N4O4. The lowest BCUT2D eigenvalue weighted by molar-refractivity contribution is 0.0387. The fourth-order valence-corrected chi connectivity index (χ4v) is 2.99. The molecule has 8 nitrogen and oxygen atoms in total. The minimum absolute atomic E-state index is 0.189. The summed E-state index contributed by atoms with van der Waals surface area (Å²) in [5.41, 5.74) is -1.16. The Labute approximate surface area is 165 Å². The monoisotopic (exact) mass is 390 g/mol. The number of nitrogens with one attached hydrogen (secondary N) is 2. The number of furan rings is 2. The summed E-state index contributed by atoms with van der Waals surface area (Å²) in [5.74, 6) is 2.08. The van der Waals surface area contributed by atoms with E-state index >= 15 is 0 Å². The molecule has 3 heterocycles. The van der Waals surface area contributed by atoms with E-state index in [-0.39, 0.29) is 6.54 Å². The summed E-state index contributed by atoms with van der Waals surface area (Å²) >= 11 is 0. The normalized spacial score (nSPS) is 18.0. The van der Waals surface area contributed by atoms with E-state index in [4.69, 9.17) is 13.6 Å².